The Kier molecular flexibility index (Phi) is 9.76. The molecule has 4 nitrogen and oxygen atoms in total. The number of hydrogen-bond acceptors (Lipinski definition) is 3. The highest BCUT2D eigenvalue weighted by Crippen LogP contribution is 2.24. The summed E-state index contributed by atoms with van der Waals surface area (Å²) in [4.78, 5) is 28.9. The number of carbonyl (C=O) groups is 2. The molecule has 0 radical (unpaired) electrons. The molecular formula is C25H30Cl2N2O2S. The van der Waals surface area contributed by atoms with Crippen molar-refractivity contribution < 1.29 is 9.59 Å². The Morgan fingerprint density at radius 2 is 1.75 bits per heavy atom. The second-order valence-electron chi connectivity index (χ2n) is 8.18. The molecule has 3 rings (SSSR count). The fourth-order valence-electron chi connectivity index (χ4n) is 3.89. The zero-order valence-electron chi connectivity index (χ0n) is 18.4. The Morgan fingerprint density at radius 3 is 2.44 bits per heavy atom. The Morgan fingerprint density at radius 1 is 1.06 bits per heavy atom. The molecule has 0 saturated heterocycles. The average Bonchev–Trinajstić information content (AvgIpc) is 2.80. The molecule has 0 aromatic heterocycles. The van der Waals surface area contributed by atoms with E-state index in [0.717, 1.165) is 36.1 Å². The molecular weight excluding hydrogens is 463 g/mol. The maximum absolute atomic E-state index is 13.2. The van der Waals surface area contributed by atoms with Gasteiger partial charge in [-0.05, 0) is 55.7 Å². The van der Waals surface area contributed by atoms with E-state index in [9.17, 15) is 9.59 Å². The van der Waals surface area contributed by atoms with Crippen LogP contribution < -0.4 is 5.32 Å². The fraction of sp³-hybridized carbons (Fsp3) is 0.440. The van der Waals surface area contributed by atoms with Crippen LogP contribution in [0.15, 0.2) is 53.4 Å². The molecule has 0 heterocycles. The summed E-state index contributed by atoms with van der Waals surface area (Å²) in [5.74, 6) is 0.469. The van der Waals surface area contributed by atoms with E-state index in [4.69, 9.17) is 23.2 Å². The summed E-state index contributed by atoms with van der Waals surface area (Å²) in [6.07, 6.45) is 5.86. The van der Waals surface area contributed by atoms with Crippen molar-refractivity contribution in [3.05, 3.63) is 64.1 Å². The number of hydrogen-bond donors (Lipinski definition) is 1. The van der Waals surface area contributed by atoms with Crippen molar-refractivity contribution in [3.8, 4) is 0 Å². The third-order valence-electron chi connectivity index (χ3n) is 5.82. The van der Waals surface area contributed by atoms with Crippen LogP contribution in [0, 0.1) is 0 Å². The summed E-state index contributed by atoms with van der Waals surface area (Å²) in [5.41, 5.74) is 0.838. The third kappa shape index (κ3) is 7.43. The van der Waals surface area contributed by atoms with E-state index in [0.29, 0.717) is 28.8 Å². The second-order valence-corrected chi connectivity index (χ2v) is 10.2. The molecule has 2 aromatic carbocycles. The molecule has 0 bridgehead atoms. The zero-order valence-corrected chi connectivity index (χ0v) is 20.7. The topological polar surface area (TPSA) is 49.4 Å². The number of benzene rings is 2. The summed E-state index contributed by atoms with van der Waals surface area (Å²) in [6.45, 7) is 2.11. The van der Waals surface area contributed by atoms with Crippen molar-refractivity contribution in [1.29, 1.82) is 0 Å². The van der Waals surface area contributed by atoms with E-state index in [1.165, 1.54) is 6.42 Å². The summed E-state index contributed by atoms with van der Waals surface area (Å²) in [5, 5.41) is 4.44. The van der Waals surface area contributed by atoms with E-state index in [2.05, 4.69) is 5.32 Å². The Labute approximate surface area is 205 Å². The minimum atomic E-state index is -0.568. The first kappa shape index (κ1) is 24.9. The molecule has 7 heteroatoms. The van der Waals surface area contributed by atoms with Gasteiger partial charge in [-0.1, -0.05) is 60.7 Å². The van der Waals surface area contributed by atoms with Crippen molar-refractivity contribution in [2.45, 2.75) is 69.0 Å². The Balaban J connectivity index is 1.65. The predicted octanol–water partition coefficient (Wildman–Crippen LogP) is 6.34. The van der Waals surface area contributed by atoms with Gasteiger partial charge in [0.25, 0.3) is 0 Å². The van der Waals surface area contributed by atoms with Crippen molar-refractivity contribution in [1.82, 2.24) is 10.2 Å². The van der Waals surface area contributed by atoms with Gasteiger partial charge in [-0.2, -0.15) is 0 Å². The Hall–Kier alpha value is -1.69. The van der Waals surface area contributed by atoms with Crippen LogP contribution in [0.1, 0.15) is 51.0 Å². The number of nitrogens with zero attached hydrogens (tertiary/aromatic N) is 1. The largest absolute Gasteiger partial charge is 0.352 e. The van der Waals surface area contributed by atoms with Gasteiger partial charge in [0, 0.05) is 39.7 Å². The lowest BCUT2D eigenvalue weighted by Crippen LogP contribution is -2.50. The van der Waals surface area contributed by atoms with Gasteiger partial charge in [-0.3, -0.25) is 9.59 Å². The molecule has 1 aliphatic carbocycles. The maximum atomic E-state index is 13.2. The number of rotatable bonds is 9. The number of nitrogens with one attached hydrogen (secondary N) is 1. The monoisotopic (exact) mass is 492 g/mol. The fourth-order valence-corrected chi connectivity index (χ4v) is 5.05. The van der Waals surface area contributed by atoms with Crippen molar-refractivity contribution in [2.24, 2.45) is 0 Å². The number of thioether (sulfide) groups is 1. The van der Waals surface area contributed by atoms with Gasteiger partial charge < -0.3 is 10.2 Å². The minimum absolute atomic E-state index is 0.0577. The summed E-state index contributed by atoms with van der Waals surface area (Å²) in [6, 6.07) is 14.7. The molecule has 172 valence electrons. The van der Waals surface area contributed by atoms with Crippen LogP contribution in [0.4, 0.5) is 0 Å². The van der Waals surface area contributed by atoms with Crippen LogP contribution in [-0.4, -0.2) is 34.6 Å². The average molecular weight is 494 g/mol. The van der Waals surface area contributed by atoms with Gasteiger partial charge in [0.1, 0.15) is 6.04 Å². The lowest BCUT2D eigenvalue weighted by molar-refractivity contribution is -0.140. The van der Waals surface area contributed by atoms with Crippen molar-refractivity contribution in [2.75, 3.05) is 5.75 Å². The Bertz CT molecular complexity index is 901. The first-order valence-electron chi connectivity index (χ1n) is 11.2. The molecule has 0 spiro atoms. The van der Waals surface area contributed by atoms with Gasteiger partial charge in [-0.15, -0.1) is 11.8 Å². The molecule has 2 aromatic rings. The summed E-state index contributed by atoms with van der Waals surface area (Å²) < 4.78 is 0. The lowest BCUT2D eigenvalue weighted by atomic mass is 9.95. The van der Waals surface area contributed by atoms with Gasteiger partial charge >= 0.3 is 0 Å². The minimum Gasteiger partial charge on any atom is -0.352 e. The van der Waals surface area contributed by atoms with Gasteiger partial charge in [-0.25, -0.2) is 0 Å². The quantitative estimate of drug-likeness (QED) is 0.415. The molecule has 1 unspecified atom stereocenters. The first-order chi connectivity index (χ1) is 15.4. The molecule has 32 heavy (non-hydrogen) atoms. The SMILES string of the molecule is CC(C(=O)NC1CCCCC1)N(Cc1ccccc1Cl)C(=O)CCSc1ccc(Cl)cc1. The predicted molar refractivity (Wildman–Crippen MR) is 133 cm³/mol. The normalized spacial score (nSPS) is 15.2. The van der Waals surface area contributed by atoms with E-state index < -0.39 is 6.04 Å². The van der Waals surface area contributed by atoms with E-state index >= 15 is 0 Å². The highest BCUT2D eigenvalue weighted by molar-refractivity contribution is 7.99. The molecule has 1 saturated carbocycles. The van der Waals surface area contributed by atoms with Crippen LogP contribution in [0.5, 0.6) is 0 Å². The molecule has 1 N–H and O–H groups in total. The summed E-state index contributed by atoms with van der Waals surface area (Å²) in [7, 11) is 0. The van der Waals surface area contributed by atoms with E-state index in [-0.39, 0.29) is 17.9 Å². The van der Waals surface area contributed by atoms with Crippen LogP contribution in [-0.2, 0) is 16.1 Å². The van der Waals surface area contributed by atoms with Gasteiger partial charge in [0.2, 0.25) is 11.8 Å². The number of amides is 2. The molecule has 1 aliphatic rings. The van der Waals surface area contributed by atoms with Crippen molar-refractivity contribution >= 4 is 46.8 Å². The van der Waals surface area contributed by atoms with Crippen LogP contribution in [0.2, 0.25) is 10.0 Å². The van der Waals surface area contributed by atoms with Gasteiger partial charge in [0.15, 0.2) is 0 Å². The lowest BCUT2D eigenvalue weighted by Gasteiger charge is -2.31. The van der Waals surface area contributed by atoms with Crippen LogP contribution in [0.25, 0.3) is 0 Å². The smallest absolute Gasteiger partial charge is 0.242 e. The van der Waals surface area contributed by atoms with Crippen LogP contribution >= 0.6 is 35.0 Å². The second kappa shape index (κ2) is 12.5. The molecule has 1 atom stereocenters. The van der Waals surface area contributed by atoms with E-state index in [1.807, 2.05) is 48.5 Å². The third-order valence-corrected chi connectivity index (χ3v) is 7.45. The summed E-state index contributed by atoms with van der Waals surface area (Å²) >= 11 is 13.9. The molecule has 2 amide bonds. The maximum Gasteiger partial charge on any atom is 0.242 e. The number of halogens is 2. The molecule has 0 aliphatic heterocycles. The highest BCUT2D eigenvalue weighted by atomic mass is 35.5. The first-order valence-corrected chi connectivity index (χ1v) is 12.9. The van der Waals surface area contributed by atoms with E-state index in [1.54, 1.807) is 23.6 Å². The van der Waals surface area contributed by atoms with Crippen molar-refractivity contribution in [3.63, 3.8) is 0 Å². The molecule has 1 fully saturated rings. The standard InChI is InChI=1S/C25H30Cl2N2O2S/c1-18(25(31)28-21-8-3-2-4-9-21)29(17-19-7-5-6-10-23(19)27)24(30)15-16-32-22-13-11-20(26)12-14-22/h5-7,10-14,18,21H,2-4,8-9,15-17H2,1H3,(H,28,31). The van der Waals surface area contributed by atoms with Gasteiger partial charge in [0.05, 0.1) is 0 Å². The zero-order chi connectivity index (χ0) is 22.9. The number of carbonyl (C=O) groups excluding carboxylic acids is 2. The highest BCUT2D eigenvalue weighted by Gasteiger charge is 2.28. The van der Waals surface area contributed by atoms with Crippen LogP contribution in [0.3, 0.4) is 0 Å².